The van der Waals surface area contributed by atoms with E-state index in [1.54, 1.807) is 6.20 Å². The van der Waals surface area contributed by atoms with E-state index >= 15 is 0 Å². The fraction of sp³-hybridized carbons (Fsp3) is 0.333. The Kier molecular flexibility index (Phi) is 9.17. The summed E-state index contributed by atoms with van der Waals surface area (Å²) in [5.74, 6) is 0.838. The maximum atomic E-state index is 12.2. The van der Waals surface area contributed by atoms with Crippen molar-refractivity contribution < 1.29 is 14.3 Å². The fourth-order valence-electron chi connectivity index (χ4n) is 5.50. The average Bonchev–Trinajstić information content (AvgIpc) is 3.53. The topological polar surface area (TPSA) is 70.2 Å². The lowest BCUT2D eigenvalue weighted by Gasteiger charge is -2.36. The largest absolute Gasteiger partial charge is 0.494 e. The van der Waals surface area contributed by atoms with E-state index in [9.17, 15) is 4.79 Å². The first-order valence-corrected chi connectivity index (χ1v) is 15.5. The predicted octanol–water partition coefficient (Wildman–Crippen LogP) is 5.99. The van der Waals surface area contributed by atoms with E-state index in [2.05, 4.69) is 68.0 Å². The Labute approximate surface area is 251 Å². The van der Waals surface area contributed by atoms with Crippen molar-refractivity contribution in [2.24, 2.45) is 0 Å². The molecule has 0 aliphatic carbocycles. The number of hydrogen-bond donors (Lipinski definition) is 1. The van der Waals surface area contributed by atoms with Crippen LogP contribution in [0.5, 0.6) is 5.75 Å². The number of carbonyl (C=O) groups excluding carboxylic acids is 1. The van der Waals surface area contributed by atoms with Gasteiger partial charge in [0.1, 0.15) is 5.75 Å². The van der Waals surface area contributed by atoms with Crippen LogP contribution in [0.4, 0.5) is 16.2 Å². The zero-order chi connectivity index (χ0) is 28.6. The van der Waals surface area contributed by atoms with Crippen LogP contribution in [0.15, 0.2) is 78.3 Å². The summed E-state index contributed by atoms with van der Waals surface area (Å²) in [7, 11) is 0. The molecular weight excluding hydrogens is 546 g/mol. The molecule has 218 valence electrons. The molecule has 4 heterocycles. The van der Waals surface area contributed by atoms with Gasteiger partial charge in [-0.15, -0.1) is 11.3 Å². The van der Waals surface area contributed by atoms with Gasteiger partial charge in [-0.1, -0.05) is 24.3 Å². The number of nitrogens with one attached hydrogen (secondary N) is 1. The number of hydrogen-bond acceptors (Lipinski definition) is 8. The number of benzene rings is 2. The number of unbranched alkanes of at least 4 members (excludes halogenated alkanes) is 1. The Balaban J connectivity index is 0.911. The monoisotopic (exact) mass is 583 g/mol. The summed E-state index contributed by atoms with van der Waals surface area (Å²) < 4.78 is 13.0. The first-order chi connectivity index (χ1) is 20.7. The van der Waals surface area contributed by atoms with Gasteiger partial charge in [-0.25, -0.2) is 4.79 Å². The van der Waals surface area contributed by atoms with Crippen molar-refractivity contribution in [3.8, 4) is 5.75 Å². The number of ether oxygens (including phenoxy) is 2. The third-order valence-electron chi connectivity index (χ3n) is 7.78. The zero-order valence-corrected chi connectivity index (χ0v) is 24.6. The molecule has 1 fully saturated rings. The van der Waals surface area contributed by atoms with Gasteiger partial charge < -0.3 is 24.6 Å². The molecule has 42 heavy (non-hydrogen) atoms. The SMILES string of the molecule is O=C(NCc1ccccn1)OCN1CC=Cc2ccc(OCCCCN3CCN(c4cccc5sccc45)CC3)cc21. The highest BCUT2D eigenvalue weighted by molar-refractivity contribution is 7.17. The van der Waals surface area contributed by atoms with Crippen molar-refractivity contribution in [2.45, 2.75) is 19.4 Å². The number of fused-ring (bicyclic) bond motifs is 2. The molecule has 1 amide bonds. The van der Waals surface area contributed by atoms with Crippen LogP contribution in [0.2, 0.25) is 0 Å². The number of carbonyl (C=O) groups is 1. The third-order valence-corrected chi connectivity index (χ3v) is 8.66. The van der Waals surface area contributed by atoms with E-state index < -0.39 is 6.09 Å². The quantitative estimate of drug-likeness (QED) is 0.217. The molecule has 9 heteroatoms. The molecule has 0 bridgehead atoms. The molecule has 0 saturated carbocycles. The van der Waals surface area contributed by atoms with Crippen molar-refractivity contribution in [2.75, 3.05) is 62.4 Å². The average molecular weight is 584 g/mol. The van der Waals surface area contributed by atoms with Gasteiger partial charge in [0.2, 0.25) is 0 Å². The lowest BCUT2D eigenvalue weighted by Crippen LogP contribution is -2.46. The number of piperazine rings is 1. The van der Waals surface area contributed by atoms with Gasteiger partial charge in [-0.05, 0) is 72.8 Å². The molecule has 2 aromatic carbocycles. The van der Waals surface area contributed by atoms with E-state index in [0.717, 1.165) is 68.3 Å². The smallest absolute Gasteiger partial charge is 0.409 e. The number of amides is 1. The molecule has 4 aromatic rings. The molecule has 0 radical (unpaired) electrons. The maximum absolute atomic E-state index is 12.2. The van der Waals surface area contributed by atoms with Crippen molar-refractivity contribution in [3.63, 3.8) is 0 Å². The highest BCUT2D eigenvalue weighted by Crippen LogP contribution is 2.32. The molecule has 2 aliphatic heterocycles. The Morgan fingerprint density at radius 1 is 0.976 bits per heavy atom. The summed E-state index contributed by atoms with van der Waals surface area (Å²) in [5.41, 5.74) is 4.24. The molecule has 1 N–H and O–H groups in total. The van der Waals surface area contributed by atoms with Crippen LogP contribution in [0.25, 0.3) is 16.2 Å². The van der Waals surface area contributed by atoms with Crippen LogP contribution in [-0.2, 0) is 11.3 Å². The van der Waals surface area contributed by atoms with Gasteiger partial charge >= 0.3 is 6.09 Å². The van der Waals surface area contributed by atoms with Gasteiger partial charge in [0, 0.05) is 60.8 Å². The van der Waals surface area contributed by atoms with Crippen molar-refractivity contribution in [3.05, 3.63) is 89.6 Å². The zero-order valence-electron chi connectivity index (χ0n) is 23.8. The molecule has 0 spiro atoms. The lowest BCUT2D eigenvalue weighted by molar-refractivity contribution is 0.146. The number of aromatic nitrogens is 1. The molecule has 2 aliphatic rings. The summed E-state index contributed by atoms with van der Waals surface area (Å²) in [4.78, 5) is 23.6. The number of pyridine rings is 1. The van der Waals surface area contributed by atoms with E-state index in [1.165, 1.54) is 15.8 Å². The highest BCUT2D eigenvalue weighted by Gasteiger charge is 2.19. The molecule has 1 saturated heterocycles. The minimum atomic E-state index is -0.467. The number of thiophene rings is 1. The summed E-state index contributed by atoms with van der Waals surface area (Å²) in [5, 5.41) is 6.32. The second kappa shape index (κ2) is 13.7. The number of rotatable bonds is 11. The van der Waals surface area contributed by atoms with E-state index in [-0.39, 0.29) is 6.73 Å². The van der Waals surface area contributed by atoms with Gasteiger partial charge in [0.05, 0.1) is 24.5 Å². The standard InChI is InChI=1S/C33H37N5O3S/c39-33(35-24-27-8-1-2-14-34-27)41-25-38-16-6-7-26-11-12-28(23-31(26)38)40-21-4-3-15-36-17-19-37(20-18-36)30-9-5-10-32-29(30)13-22-42-32/h1-2,5-14,22-23H,3-4,15-21,24-25H2,(H,35,39). The lowest BCUT2D eigenvalue weighted by atomic mass is 10.1. The molecule has 0 atom stereocenters. The van der Waals surface area contributed by atoms with Crippen LogP contribution < -0.4 is 19.9 Å². The second-order valence-corrected chi connectivity index (χ2v) is 11.5. The summed E-state index contributed by atoms with van der Waals surface area (Å²) in [6.45, 7) is 7.27. The van der Waals surface area contributed by atoms with Crippen molar-refractivity contribution >= 4 is 45.0 Å². The predicted molar refractivity (Wildman–Crippen MR) is 170 cm³/mol. The minimum absolute atomic E-state index is 0.157. The summed E-state index contributed by atoms with van der Waals surface area (Å²) in [6.07, 6.45) is 7.52. The van der Waals surface area contributed by atoms with Gasteiger partial charge in [0.15, 0.2) is 6.73 Å². The van der Waals surface area contributed by atoms with Gasteiger partial charge in [0.25, 0.3) is 0 Å². The van der Waals surface area contributed by atoms with E-state index in [1.807, 2.05) is 46.6 Å². The summed E-state index contributed by atoms with van der Waals surface area (Å²) in [6, 6.07) is 20.6. The maximum Gasteiger partial charge on any atom is 0.409 e. The Morgan fingerprint density at radius 2 is 1.90 bits per heavy atom. The van der Waals surface area contributed by atoms with Gasteiger partial charge in [-0.3, -0.25) is 9.88 Å². The van der Waals surface area contributed by atoms with E-state index in [0.29, 0.717) is 19.7 Å². The first-order valence-electron chi connectivity index (χ1n) is 14.7. The minimum Gasteiger partial charge on any atom is -0.494 e. The molecule has 8 nitrogen and oxygen atoms in total. The molecule has 2 aromatic heterocycles. The fourth-order valence-corrected chi connectivity index (χ4v) is 6.31. The van der Waals surface area contributed by atoms with Crippen molar-refractivity contribution in [1.29, 1.82) is 0 Å². The van der Waals surface area contributed by atoms with E-state index in [4.69, 9.17) is 9.47 Å². The van der Waals surface area contributed by atoms with Crippen LogP contribution in [0.3, 0.4) is 0 Å². The second-order valence-electron chi connectivity index (χ2n) is 10.6. The van der Waals surface area contributed by atoms with Crippen LogP contribution in [0, 0.1) is 0 Å². The Bertz CT molecular complexity index is 1500. The first kappa shape index (κ1) is 28.1. The van der Waals surface area contributed by atoms with Crippen LogP contribution in [-0.4, -0.2) is 68.6 Å². The molecule has 0 unspecified atom stereocenters. The number of nitrogens with zero attached hydrogens (tertiary/aromatic N) is 4. The number of alkyl carbamates (subject to hydrolysis) is 1. The third kappa shape index (κ3) is 7.03. The van der Waals surface area contributed by atoms with Crippen LogP contribution in [0.1, 0.15) is 24.1 Å². The normalized spacial score (nSPS) is 15.0. The Morgan fingerprint density at radius 3 is 2.79 bits per heavy atom. The number of anilines is 2. The van der Waals surface area contributed by atoms with Gasteiger partial charge in [-0.2, -0.15) is 0 Å². The Hall–Kier alpha value is -4.08. The summed E-state index contributed by atoms with van der Waals surface area (Å²) >= 11 is 1.81. The highest BCUT2D eigenvalue weighted by atomic mass is 32.1. The molecular formula is C33H37N5O3S. The molecule has 6 rings (SSSR count). The van der Waals surface area contributed by atoms with Crippen molar-refractivity contribution in [1.82, 2.24) is 15.2 Å². The van der Waals surface area contributed by atoms with Crippen LogP contribution >= 0.6 is 11.3 Å².